The lowest BCUT2D eigenvalue weighted by molar-refractivity contribution is 0.0927. The molecule has 20 heavy (non-hydrogen) atoms. The molecule has 1 aromatic rings. The molecule has 0 bridgehead atoms. The van der Waals surface area contributed by atoms with Gasteiger partial charge in [0.1, 0.15) is 0 Å². The summed E-state index contributed by atoms with van der Waals surface area (Å²) in [5.74, 6) is 0.537. The van der Waals surface area contributed by atoms with Gasteiger partial charge in [-0.15, -0.1) is 0 Å². The van der Waals surface area contributed by atoms with Crippen molar-refractivity contribution in [2.24, 2.45) is 10.7 Å². The van der Waals surface area contributed by atoms with Crippen molar-refractivity contribution < 1.29 is 9.21 Å². The first-order valence-corrected chi connectivity index (χ1v) is 7.14. The summed E-state index contributed by atoms with van der Waals surface area (Å²) in [4.78, 5) is 15.8. The van der Waals surface area contributed by atoms with E-state index in [4.69, 9.17) is 10.2 Å². The maximum absolute atomic E-state index is 11.6. The molecule has 6 nitrogen and oxygen atoms in total. The predicted molar refractivity (Wildman–Crippen MR) is 77.5 cm³/mol. The topological polar surface area (TPSA) is 92.6 Å². The van der Waals surface area contributed by atoms with Gasteiger partial charge >= 0.3 is 0 Å². The number of aliphatic imine (C=N–C) groups is 1. The molecule has 110 valence electrons. The second-order valence-corrected chi connectivity index (χ2v) is 4.98. The van der Waals surface area contributed by atoms with E-state index in [0.717, 1.165) is 12.8 Å². The van der Waals surface area contributed by atoms with Gasteiger partial charge in [-0.05, 0) is 25.0 Å². The maximum Gasteiger partial charge on any atom is 0.287 e. The lowest BCUT2D eigenvalue weighted by Crippen LogP contribution is -2.41. The quantitative estimate of drug-likeness (QED) is 0.429. The largest absolute Gasteiger partial charge is 0.459 e. The molecule has 4 N–H and O–H groups in total. The monoisotopic (exact) mass is 278 g/mol. The number of nitrogens with zero attached hydrogens (tertiary/aromatic N) is 1. The fourth-order valence-corrected chi connectivity index (χ4v) is 2.34. The van der Waals surface area contributed by atoms with Crippen LogP contribution in [0.25, 0.3) is 0 Å². The van der Waals surface area contributed by atoms with Crippen LogP contribution in [0.4, 0.5) is 0 Å². The number of nitrogens with two attached hydrogens (primary N) is 1. The fourth-order valence-electron chi connectivity index (χ4n) is 2.34. The number of carbonyl (C=O) groups excluding carboxylic acids is 1. The molecule has 0 aliphatic heterocycles. The minimum atomic E-state index is -0.232. The van der Waals surface area contributed by atoms with Crippen molar-refractivity contribution in [1.82, 2.24) is 10.6 Å². The van der Waals surface area contributed by atoms with Gasteiger partial charge in [0.25, 0.3) is 5.91 Å². The van der Waals surface area contributed by atoms with Gasteiger partial charge in [-0.25, -0.2) is 0 Å². The Balaban J connectivity index is 1.63. The molecular formula is C14H22N4O2. The lowest BCUT2D eigenvalue weighted by Gasteiger charge is -2.23. The summed E-state index contributed by atoms with van der Waals surface area (Å²) >= 11 is 0. The third kappa shape index (κ3) is 4.60. The van der Waals surface area contributed by atoms with Gasteiger partial charge in [0, 0.05) is 12.6 Å². The van der Waals surface area contributed by atoms with E-state index in [9.17, 15) is 4.79 Å². The predicted octanol–water partition coefficient (Wildman–Crippen LogP) is 1.25. The van der Waals surface area contributed by atoms with Crippen molar-refractivity contribution in [2.45, 2.75) is 38.1 Å². The van der Waals surface area contributed by atoms with E-state index in [2.05, 4.69) is 15.6 Å². The summed E-state index contributed by atoms with van der Waals surface area (Å²) in [6.45, 7) is 0.893. The number of furan rings is 1. The van der Waals surface area contributed by atoms with E-state index >= 15 is 0 Å². The molecule has 0 radical (unpaired) electrons. The van der Waals surface area contributed by atoms with E-state index in [-0.39, 0.29) is 5.91 Å². The molecule has 2 rings (SSSR count). The highest BCUT2D eigenvalue weighted by molar-refractivity contribution is 5.91. The Bertz CT molecular complexity index is 436. The van der Waals surface area contributed by atoms with Crippen LogP contribution in [0.2, 0.25) is 0 Å². The number of rotatable bonds is 5. The van der Waals surface area contributed by atoms with Crippen LogP contribution in [0, 0.1) is 0 Å². The first-order valence-electron chi connectivity index (χ1n) is 7.14. The highest BCUT2D eigenvalue weighted by atomic mass is 16.3. The van der Waals surface area contributed by atoms with Crippen LogP contribution in [-0.2, 0) is 0 Å². The van der Waals surface area contributed by atoms with Gasteiger partial charge in [-0.2, -0.15) is 0 Å². The number of hydrogen-bond donors (Lipinski definition) is 3. The van der Waals surface area contributed by atoms with Crippen molar-refractivity contribution in [3.63, 3.8) is 0 Å². The number of carbonyl (C=O) groups is 1. The first kappa shape index (κ1) is 14.4. The minimum Gasteiger partial charge on any atom is -0.459 e. The number of amides is 1. The van der Waals surface area contributed by atoms with Crippen LogP contribution >= 0.6 is 0 Å². The zero-order chi connectivity index (χ0) is 14.2. The van der Waals surface area contributed by atoms with E-state index in [1.807, 2.05) is 0 Å². The Kier molecular flexibility index (Phi) is 5.46. The van der Waals surface area contributed by atoms with Gasteiger partial charge < -0.3 is 20.8 Å². The van der Waals surface area contributed by atoms with E-state index in [1.54, 1.807) is 12.1 Å². The van der Waals surface area contributed by atoms with Gasteiger partial charge in [0.15, 0.2) is 11.7 Å². The number of hydrogen-bond acceptors (Lipinski definition) is 3. The highest BCUT2D eigenvalue weighted by Crippen LogP contribution is 2.16. The Morgan fingerprint density at radius 3 is 2.90 bits per heavy atom. The van der Waals surface area contributed by atoms with Gasteiger partial charge in [0.2, 0.25) is 0 Å². The van der Waals surface area contributed by atoms with Gasteiger partial charge in [0.05, 0.1) is 12.8 Å². The normalized spacial score (nSPS) is 16.9. The SMILES string of the molecule is NC(=NCCNC(=O)c1ccco1)NC1CCCCC1. The third-order valence-corrected chi connectivity index (χ3v) is 3.38. The molecule has 6 heteroatoms. The zero-order valence-electron chi connectivity index (χ0n) is 11.6. The molecule has 0 aromatic carbocycles. The van der Waals surface area contributed by atoms with Crippen LogP contribution in [0.5, 0.6) is 0 Å². The smallest absolute Gasteiger partial charge is 0.287 e. The summed E-state index contributed by atoms with van der Waals surface area (Å²) in [5, 5.41) is 5.95. The van der Waals surface area contributed by atoms with Crippen molar-refractivity contribution in [3.05, 3.63) is 24.2 Å². The molecule has 0 spiro atoms. The molecule has 1 aliphatic rings. The molecule has 1 heterocycles. The van der Waals surface area contributed by atoms with Crippen molar-refractivity contribution in [3.8, 4) is 0 Å². The van der Waals surface area contributed by atoms with Crippen LogP contribution in [0.3, 0.4) is 0 Å². The number of guanidine groups is 1. The van der Waals surface area contributed by atoms with Gasteiger partial charge in [-0.3, -0.25) is 9.79 Å². The van der Waals surface area contributed by atoms with Crippen LogP contribution in [0.1, 0.15) is 42.7 Å². The summed E-state index contributed by atoms with van der Waals surface area (Å²) in [6.07, 6.45) is 7.61. The van der Waals surface area contributed by atoms with Crippen molar-refractivity contribution >= 4 is 11.9 Å². The standard InChI is InChI=1S/C14H22N4O2/c15-14(18-11-5-2-1-3-6-11)17-9-8-16-13(19)12-7-4-10-20-12/h4,7,10-11H,1-3,5-6,8-9H2,(H,16,19)(H3,15,17,18). The lowest BCUT2D eigenvalue weighted by atomic mass is 9.96. The summed E-state index contributed by atoms with van der Waals surface area (Å²) in [7, 11) is 0. The fraction of sp³-hybridized carbons (Fsp3) is 0.571. The molecule has 1 fully saturated rings. The van der Waals surface area contributed by atoms with Crippen LogP contribution in [-0.4, -0.2) is 31.0 Å². The van der Waals surface area contributed by atoms with Gasteiger partial charge in [-0.1, -0.05) is 19.3 Å². The average molecular weight is 278 g/mol. The highest BCUT2D eigenvalue weighted by Gasteiger charge is 2.13. The Labute approximate surface area is 118 Å². The van der Waals surface area contributed by atoms with E-state index in [1.165, 1.54) is 25.5 Å². The second kappa shape index (κ2) is 7.57. The third-order valence-electron chi connectivity index (χ3n) is 3.38. The molecule has 0 unspecified atom stereocenters. The number of nitrogens with one attached hydrogen (secondary N) is 2. The molecule has 0 atom stereocenters. The molecule has 1 aliphatic carbocycles. The summed E-state index contributed by atoms with van der Waals surface area (Å²) in [6, 6.07) is 3.75. The summed E-state index contributed by atoms with van der Waals surface area (Å²) in [5.41, 5.74) is 5.82. The molecule has 1 aromatic heterocycles. The first-order chi connectivity index (χ1) is 9.75. The van der Waals surface area contributed by atoms with E-state index < -0.39 is 0 Å². The minimum absolute atomic E-state index is 0.232. The van der Waals surface area contributed by atoms with Crippen LogP contribution in [0.15, 0.2) is 27.8 Å². The van der Waals surface area contributed by atoms with Crippen molar-refractivity contribution in [1.29, 1.82) is 0 Å². The Hall–Kier alpha value is -1.98. The van der Waals surface area contributed by atoms with Crippen LogP contribution < -0.4 is 16.4 Å². The molecular weight excluding hydrogens is 256 g/mol. The Morgan fingerprint density at radius 2 is 2.20 bits per heavy atom. The molecule has 1 amide bonds. The molecule has 0 saturated heterocycles. The van der Waals surface area contributed by atoms with Crippen molar-refractivity contribution in [2.75, 3.05) is 13.1 Å². The molecule has 1 saturated carbocycles. The maximum atomic E-state index is 11.6. The summed E-state index contributed by atoms with van der Waals surface area (Å²) < 4.78 is 4.99. The average Bonchev–Trinajstić information content (AvgIpc) is 2.99. The van der Waals surface area contributed by atoms with E-state index in [0.29, 0.717) is 30.9 Å². The zero-order valence-corrected chi connectivity index (χ0v) is 11.6. The Morgan fingerprint density at radius 1 is 1.40 bits per heavy atom. The second-order valence-electron chi connectivity index (χ2n) is 4.98.